The minimum atomic E-state index is 0.464. The second kappa shape index (κ2) is 6.10. The van der Waals surface area contributed by atoms with E-state index in [9.17, 15) is 0 Å². The van der Waals surface area contributed by atoms with E-state index in [1.807, 2.05) is 0 Å². The predicted octanol–water partition coefficient (Wildman–Crippen LogP) is 5.20. The van der Waals surface area contributed by atoms with Crippen LogP contribution in [0.4, 0.5) is 0 Å². The summed E-state index contributed by atoms with van der Waals surface area (Å²) in [4.78, 5) is 0. The van der Waals surface area contributed by atoms with Crippen LogP contribution in [0.3, 0.4) is 0 Å². The summed E-state index contributed by atoms with van der Waals surface area (Å²) < 4.78 is 12.3. The van der Waals surface area contributed by atoms with Gasteiger partial charge in [0.25, 0.3) is 0 Å². The summed E-state index contributed by atoms with van der Waals surface area (Å²) in [6.45, 7) is 2.22. The van der Waals surface area contributed by atoms with E-state index in [0.29, 0.717) is 18.4 Å². The van der Waals surface area contributed by atoms with E-state index >= 15 is 0 Å². The first-order valence-corrected chi connectivity index (χ1v) is 10.2. The molecule has 0 N–H and O–H groups in total. The summed E-state index contributed by atoms with van der Waals surface area (Å²) in [6, 6.07) is 13.7. The quantitative estimate of drug-likeness (QED) is 0.604. The molecule has 27 heavy (non-hydrogen) atoms. The highest BCUT2D eigenvalue weighted by molar-refractivity contribution is 5.96. The number of benzene rings is 2. The number of aryl methyl sites for hydroxylation is 2. The zero-order valence-electron chi connectivity index (χ0n) is 15.5. The maximum atomic E-state index is 6.19. The van der Waals surface area contributed by atoms with E-state index in [-0.39, 0.29) is 0 Å². The van der Waals surface area contributed by atoms with Crippen molar-refractivity contribution in [2.75, 3.05) is 13.2 Å². The highest BCUT2D eigenvalue weighted by Gasteiger charge is 2.28. The van der Waals surface area contributed by atoms with Crippen LogP contribution in [0.15, 0.2) is 48.6 Å². The number of hydrogen-bond donors (Lipinski definition) is 0. The predicted molar refractivity (Wildman–Crippen MR) is 108 cm³/mol. The van der Waals surface area contributed by atoms with Gasteiger partial charge in [-0.25, -0.2) is 0 Å². The van der Waals surface area contributed by atoms with Crippen LogP contribution < -0.4 is 4.74 Å². The first-order valence-electron chi connectivity index (χ1n) is 10.2. The van der Waals surface area contributed by atoms with Crippen LogP contribution in [0.1, 0.15) is 40.7 Å². The number of fused-ring (bicyclic) bond motifs is 3. The molecule has 0 spiro atoms. The van der Waals surface area contributed by atoms with Crippen molar-refractivity contribution in [3.63, 3.8) is 0 Å². The van der Waals surface area contributed by atoms with Crippen molar-refractivity contribution in [2.24, 2.45) is 11.8 Å². The lowest BCUT2D eigenvalue weighted by molar-refractivity contribution is 0.0717. The van der Waals surface area contributed by atoms with Crippen molar-refractivity contribution in [1.29, 1.82) is 0 Å². The molecule has 136 valence electrons. The minimum Gasteiger partial charge on any atom is -0.493 e. The van der Waals surface area contributed by atoms with Crippen LogP contribution in [-0.4, -0.2) is 13.2 Å². The second-order valence-corrected chi connectivity index (χ2v) is 8.31. The Labute approximate surface area is 160 Å². The summed E-state index contributed by atoms with van der Waals surface area (Å²) in [5, 5.41) is 0. The van der Waals surface area contributed by atoms with E-state index in [0.717, 1.165) is 44.6 Å². The van der Waals surface area contributed by atoms with Gasteiger partial charge in [0, 0.05) is 11.8 Å². The highest BCUT2D eigenvalue weighted by atomic mass is 16.5. The van der Waals surface area contributed by atoms with Crippen molar-refractivity contribution in [3.8, 4) is 5.75 Å². The third kappa shape index (κ3) is 2.58. The lowest BCUT2D eigenvalue weighted by Crippen LogP contribution is -2.28. The summed E-state index contributed by atoms with van der Waals surface area (Å²) >= 11 is 0. The first-order chi connectivity index (χ1) is 13.3. The third-order valence-corrected chi connectivity index (χ3v) is 6.74. The lowest BCUT2D eigenvalue weighted by Gasteiger charge is -2.29. The Morgan fingerprint density at radius 2 is 1.41 bits per heavy atom. The lowest BCUT2D eigenvalue weighted by atomic mass is 9.83. The molecule has 0 radical (unpaired) electrons. The minimum absolute atomic E-state index is 0.464. The Balaban J connectivity index is 1.48. The van der Waals surface area contributed by atoms with Gasteiger partial charge in [0.05, 0.1) is 19.8 Å². The van der Waals surface area contributed by atoms with Crippen LogP contribution >= 0.6 is 0 Å². The smallest absolute Gasteiger partial charge is 0.119 e. The number of hydrogen-bond acceptors (Lipinski definition) is 2. The molecular formula is C25H24O2. The van der Waals surface area contributed by atoms with Crippen molar-refractivity contribution in [1.82, 2.24) is 0 Å². The molecule has 0 amide bonds. The zero-order valence-corrected chi connectivity index (χ0v) is 15.5. The normalized spacial score (nSPS) is 28.0. The van der Waals surface area contributed by atoms with Gasteiger partial charge in [-0.15, -0.1) is 0 Å². The average Bonchev–Trinajstić information content (AvgIpc) is 3.26. The van der Waals surface area contributed by atoms with E-state index in [1.54, 1.807) is 11.1 Å². The van der Waals surface area contributed by atoms with Crippen LogP contribution in [-0.2, 0) is 24.2 Å². The second-order valence-electron chi connectivity index (χ2n) is 8.31. The summed E-state index contributed by atoms with van der Waals surface area (Å²) in [6.07, 6.45) is 9.15. The number of rotatable bonds is 0. The van der Waals surface area contributed by atoms with Crippen LogP contribution in [0.2, 0.25) is 0 Å². The van der Waals surface area contributed by atoms with E-state index in [2.05, 4.69) is 48.6 Å². The Bertz CT molecular complexity index is 982. The number of ether oxygens (including phenoxy) is 2. The molecular weight excluding hydrogens is 332 g/mol. The molecule has 0 saturated carbocycles. The van der Waals surface area contributed by atoms with E-state index in [4.69, 9.17) is 9.47 Å². The maximum Gasteiger partial charge on any atom is 0.119 e. The summed E-state index contributed by atoms with van der Waals surface area (Å²) in [5.41, 5.74) is 10.3. The van der Waals surface area contributed by atoms with Gasteiger partial charge in [0.15, 0.2) is 0 Å². The molecule has 1 heterocycles. The molecule has 2 heteroatoms. The largest absolute Gasteiger partial charge is 0.493 e. The topological polar surface area (TPSA) is 18.5 Å². The fraction of sp³-hybridized carbons (Fsp3) is 0.360. The Kier molecular flexibility index (Phi) is 3.55. The van der Waals surface area contributed by atoms with Gasteiger partial charge >= 0.3 is 0 Å². The van der Waals surface area contributed by atoms with Gasteiger partial charge in [0.2, 0.25) is 0 Å². The summed E-state index contributed by atoms with van der Waals surface area (Å²) in [5.74, 6) is 1.95. The molecule has 0 saturated heterocycles. The molecule has 2 nitrogen and oxygen atoms in total. The molecule has 1 aliphatic heterocycles. The Hall–Kier alpha value is -2.32. The molecule has 6 rings (SSSR count). The van der Waals surface area contributed by atoms with E-state index in [1.165, 1.54) is 27.8 Å². The first kappa shape index (κ1) is 15.7. The third-order valence-electron chi connectivity index (χ3n) is 6.74. The van der Waals surface area contributed by atoms with Gasteiger partial charge in [-0.1, -0.05) is 30.4 Å². The molecule has 4 aliphatic rings. The fourth-order valence-corrected chi connectivity index (χ4v) is 5.06. The Morgan fingerprint density at radius 1 is 0.704 bits per heavy atom. The van der Waals surface area contributed by atoms with Crippen molar-refractivity contribution < 1.29 is 9.47 Å². The molecule has 0 aromatic heterocycles. The van der Waals surface area contributed by atoms with Gasteiger partial charge in [-0.05, 0) is 82.8 Å². The van der Waals surface area contributed by atoms with E-state index < -0.39 is 0 Å². The monoisotopic (exact) mass is 356 g/mol. The van der Waals surface area contributed by atoms with Gasteiger partial charge in [0.1, 0.15) is 5.75 Å². The average molecular weight is 356 g/mol. The highest BCUT2D eigenvalue weighted by Crippen LogP contribution is 2.45. The van der Waals surface area contributed by atoms with Crippen LogP contribution in [0, 0.1) is 11.8 Å². The molecule has 3 aliphatic carbocycles. The molecule has 0 unspecified atom stereocenters. The molecule has 2 atom stereocenters. The molecule has 2 aromatic carbocycles. The molecule has 0 fully saturated rings. The summed E-state index contributed by atoms with van der Waals surface area (Å²) in [7, 11) is 0. The van der Waals surface area contributed by atoms with Crippen molar-refractivity contribution in [3.05, 3.63) is 76.4 Å². The Morgan fingerprint density at radius 3 is 2.19 bits per heavy atom. The standard InChI is InChI=1S/C25H24O2/c1-2-17-6-9-22-23-10-7-18-5-8-21(12-25(18)23)27-15-20-4-3-19(20)14-26-13-16(1)11-24(17)22/h1-5,8,11-12,19-20H,6-7,9-10,13-15H2/b23-22-/t19-,20-/m1/s1. The fourth-order valence-electron chi connectivity index (χ4n) is 5.06. The zero-order chi connectivity index (χ0) is 17.8. The van der Waals surface area contributed by atoms with Gasteiger partial charge in [-0.3, -0.25) is 0 Å². The molecule has 2 aromatic rings. The SMILES string of the molecule is C1=C[C@@H]2COc3ccc4c(c3)/C(=C3/CCc5ccc(cc53)COC[C@@H]12)CC4. The molecule has 4 bridgehead atoms. The van der Waals surface area contributed by atoms with Gasteiger partial charge in [-0.2, -0.15) is 0 Å². The van der Waals surface area contributed by atoms with Crippen LogP contribution in [0.5, 0.6) is 5.75 Å². The van der Waals surface area contributed by atoms with Crippen molar-refractivity contribution >= 4 is 11.1 Å². The van der Waals surface area contributed by atoms with Gasteiger partial charge < -0.3 is 9.47 Å². The van der Waals surface area contributed by atoms with Crippen LogP contribution in [0.25, 0.3) is 11.1 Å². The van der Waals surface area contributed by atoms with Crippen molar-refractivity contribution in [2.45, 2.75) is 32.3 Å². The maximum absolute atomic E-state index is 6.19. The number of allylic oxidation sites excluding steroid dienone is 2.